The number of aromatic amines is 1. The van der Waals surface area contributed by atoms with E-state index >= 15 is 0 Å². The lowest BCUT2D eigenvalue weighted by atomic mass is 9.97. The van der Waals surface area contributed by atoms with E-state index in [4.69, 9.17) is 33.3 Å². The van der Waals surface area contributed by atoms with Crippen molar-refractivity contribution in [3.05, 3.63) is 206 Å². The van der Waals surface area contributed by atoms with Crippen LogP contribution in [-0.2, 0) is 57.8 Å². The van der Waals surface area contributed by atoms with Crippen LogP contribution in [0.15, 0.2) is 136 Å². The Kier molecular flexibility index (Phi) is 42.4. The number of aliphatic imine (C=N–C) groups is 1. The fourth-order valence-electron chi connectivity index (χ4n) is 18.0. The van der Waals surface area contributed by atoms with E-state index in [1.54, 1.807) is 28.8 Å². The third-order valence-corrected chi connectivity index (χ3v) is 31.0. The van der Waals surface area contributed by atoms with Crippen LogP contribution >= 0.6 is 11.3 Å². The number of rotatable bonds is 19. The van der Waals surface area contributed by atoms with E-state index in [0.29, 0.717) is 109 Å². The zero-order valence-electron chi connectivity index (χ0n) is 93.1. The number of likely N-dealkylation sites (N-methyl/N-ethyl adjacent to an activating group) is 5. The monoisotopic (exact) mass is 2060 g/mol. The molecular weight excluding hydrogens is 1890 g/mol. The lowest BCUT2D eigenvalue weighted by Gasteiger charge is -2.37. The van der Waals surface area contributed by atoms with Crippen LogP contribution in [-0.4, -0.2) is 315 Å². The summed E-state index contributed by atoms with van der Waals surface area (Å²) in [5, 5.41) is 14.3. The van der Waals surface area contributed by atoms with Crippen LogP contribution < -0.4 is 19.6 Å². The Hall–Kier alpha value is -10.2. The Morgan fingerprint density at radius 3 is 1.49 bits per heavy atom. The molecule has 31 nitrogen and oxygen atoms in total. The van der Waals surface area contributed by atoms with Crippen molar-refractivity contribution in [2.24, 2.45) is 16.8 Å². The number of H-pyrrole nitrogens is 1. The first-order valence-electron chi connectivity index (χ1n) is 53.7. The normalized spacial score (nSPS) is 19.1. The number of sulfone groups is 1. The third-order valence-electron chi connectivity index (χ3n) is 28.5. The van der Waals surface area contributed by atoms with Gasteiger partial charge in [-0.15, -0.1) is 11.3 Å². The van der Waals surface area contributed by atoms with E-state index in [-0.39, 0.29) is 34.7 Å². The summed E-state index contributed by atoms with van der Waals surface area (Å²) in [6.45, 7) is 65.9. The standard InChI is InChI=1S/C15H22N2O.C14H21N3O.C13H21N3.C13H18N2O2.C11H17N3O.C11H16N2O2.C11H16N2OS.C10H15N.C9H13NO2S.C7H12N2/c1-11(2)12-5-7-13(8-6-12)14-15(18)17(4)10-9-16(14)3;1-10(2)12-6-5-11(9-15-12)13-14(18)17(4)8-7-16(13)3;1-11(2)12-5-4-6-13(14-12)16-9-7-15(3)8-10-16;1-10(2)12-4-3-11(9-14-12)13(16)15-5-7-17-8-6-15;1-8(2)10-5-11-13(9-6-15-7-9)3-4-14(11)12-10;2*1-7(2)10-12-9-3-4-13(11(9)15-10)8-5-14-6-8;1-7(2)10-5-9(6-11-10)8-3-4-8;1-7(2)9-5-4-8(6-10-9)13(3,11)12;1-5(2)7-4-6(3)8-9-7/h5-8,11,14H,9-10H2,1-4H3;5-6,9-10,13H,7-8H2,1-4H3;4-6,11H,7-10H2,1-3H3;3-4,9-10H,5-8H2,1-2H3;5,8-9H,3-4,6-7H2,1-2H3;2*7-8H,3-6H2,1-2H3;5,7-8H,3-4,6H2,1-2H3;4-7H,1-3H3;4-5H,1-3H3,(H,8,9). The summed E-state index contributed by atoms with van der Waals surface area (Å²) in [7, 11) is 6.82. The van der Waals surface area contributed by atoms with Crippen LogP contribution in [0.2, 0.25) is 0 Å². The van der Waals surface area contributed by atoms with E-state index in [1.807, 2.05) is 101 Å². The number of pyridine rings is 4. The van der Waals surface area contributed by atoms with Crippen molar-refractivity contribution >= 4 is 67.1 Å². The van der Waals surface area contributed by atoms with Crippen LogP contribution in [0, 0.1) is 18.8 Å². The number of nitrogens with one attached hydrogen (secondary N) is 1. The summed E-state index contributed by atoms with van der Waals surface area (Å²) in [5.74, 6) is 10.4. The molecule has 804 valence electrons. The fourth-order valence-corrected chi connectivity index (χ4v) is 19.8. The van der Waals surface area contributed by atoms with Crippen molar-refractivity contribution in [3.63, 3.8) is 0 Å². The molecule has 0 spiro atoms. The number of benzene rings is 1. The molecule has 21 rings (SSSR count). The van der Waals surface area contributed by atoms with E-state index in [0.717, 1.165) is 206 Å². The van der Waals surface area contributed by atoms with Crippen molar-refractivity contribution in [1.29, 1.82) is 0 Å². The first kappa shape index (κ1) is 115. The lowest BCUT2D eigenvalue weighted by molar-refractivity contribution is -0.140. The summed E-state index contributed by atoms with van der Waals surface area (Å²) < 4.78 is 51.0. The molecular formula is C114H171N21O10S2. The minimum Gasteiger partial charge on any atom is -0.425 e. The highest BCUT2D eigenvalue weighted by Gasteiger charge is 2.40. The van der Waals surface area contributed by atoms with Gasteiger partial charge >= 0.3 is 0 Å². The molecule has 9 aromatic rings. The van der Waals surface area contributed by atoms with Gasteiger partial charge in [0.25, 0.3) is 5.91 Å². The molecule has 1 aliphatic carbocycles. The number of morpholine rings is 1. The highest BCUT2D eigenvalue weighted by Crippen LogP contribution is 2.42. The fraction of sp³-hybridized carbons (Fsp3) is 0.614. The zero-order valence-corrected chi connectivity index (χ0v) is 94.8. The van der Waals surface area contributed by atoms with Gasteiger partial charge in [0.2, 0.25) is 17.7 Å². The molecule has 12 aliphatic rings. The van der Waals surface area contributed by atoms with Crippen LogP contribution in [0.1, 0.15) is 306 Å². The third kappa shape index (κ3) is 31.9. The number of fused-ring (bicyclic) bond motifs is 3. The van der Waals surface area contributed by atoms with Gasteiger partial charge in [0.1, 0.15) is 34.4 Å². The summed E-state index contributed by atoms with van der Waals surface area (Å²) in [6, 6.07) is 31.7. The van der Waals surface area contributed by atoms with Crippen LogP contribution in [0.3, 0.4) is 0 Å². The molecule has 1 aromatic carbocycles. The molecule has 8 fully saturated rings. The number of oxazole rings is 1. The first-order chi connectivity index (χ1) is 70.0. The molecule has 147 heavy (non-hydrogen) atoms. The second kappa shape index (κ2) is 54.0. The molecule has 2 unspecified atom stereocenters. The Balaban J connectivity index is 0.000000146. The second-order valence-corrected chi connectivity index (χ2v) is 46.9. The Bertz CT molecular complexity index is 5550. The number of nitrogens with zero attached hydrogens (tertiary/aromatic N) is 20. The van der Waals surface area contributed by atoms with Gasteiger partial charge in [-0.2, -0.15) is 10.2 Å². The maximum Gasteiger partial charge on any atom is 0.255 e. The van der Waals surface area contributed by atoms with E-state index in [2.05, 4.69) is 272 Å². The Labute approximate surface area is 881 Å². The first-order valence-corrected chi connectivity index (χ1v) is 56.4. The van der Waals surface area contributed by atoms with Crippen molar-refractivity contribution in [1.82, 2.24) is 79.3 Å². The van der Waals surface area contributed by atoms with Crippen LogP contribution in [0.4, 0.5) is 22.5 Å². The molecule has 1 saturated carbocycles. The number of hydrogen-bond acceptors (Lipinski definition) is 27. The van der Waals surface area contributed by atoms with E-state index in [1.165, 1.54) is 69.5 Å². The minimum absolute atomic E-state index is 0.0520. The molecule has 7 saturated heterocycles. The lowest BCUT2D eigenvalue weighted by Crippen LogP contribution is -2.49. The summed E-state index contributed by atoms with van der Waals surface area (Å²) >= 11 is 1.88. The molecule has 0 radical (unpaired) electrons. The molecule has 33 heteroatoms. The molecule has 11 aliphatic heterocycles. The Morgan fingerprint density at radius 1 is 0.476 bits per heavy atom. The van der Waals surface area contributed by atoms with Crippen molar-refractivity contribution < 1.29 is 46.2 Å². The summed E-state index contributed by atoms with van der Waals surface area (Å²) in [4.78, 5) is 89.8. The van der Waals surface area contributed by atoms with Gasteiger partial charge < -0.3 is 62.6 Å². The largest absolute Gasteiger partial charge is 0.425 e. The SMILES string of the molecule is CC(C)C1=NCC(C2CC2)=C1.CC(C)c1cc2n(n1)CCN2C1COC1.CC(C)c1ccc(C(=O)N2CCOCC2)cn1.CC(C)c1ccc(C2C(=O)N(C)CCN2C)cc1.CC(C)c1ccc(C2C(=O)N(C)CCN2C)cn1.CC(C)c1ccc(S(C)(=O)=O)cn1.CC(C)c1cccc(N2CCN(C)CC2)n1.CC(C)c1nc2c(o1)N(C1COC1)CC2.CC(C)c1nc2c(s1)N(C1COC1)CC2.Cc1cc(C(C)C)n[nH]1. The van der Waals surface area contributed by atoms with Crippen molar-refractivity contribution in [2.75, 3.05) is 206 Å². The number of hydrogen-bond donors (Lipinski definition) is 1. The van der Waals surface area contributed by atoms with Gasteiger partial charge in [-0.05, 0) is 171 Å². The van der Waals surface area contributed by atoms with Gasteiger partial charge in [0, 0.05) is 189 Å². The number of carbonyl (C=O) groups excluding carboxylic acids is 3. The average molecular weight is 2060 g/mol. The highest BCUT2D eigenvalue weighted by atomic mass is 32.2. The average Bonchev–Trinajstić information content (AvgIpc) is 1.62. The van der Waals surface area contributed by atoms with Gasteiger partial charge in [-0.25, -0.2) is 28.1 Å². The molecule has 3 amide bonds. The summed E-state index contributed by atoms with van der Waals surface area (Å²) in [5.41, 5.74) is 17.1. The minimum atomic E-state index is -3.11. The predicted octanol–water partition coefficient (Wildman–Crippen LogP) is 18.2. The summed E-state index contributed by atoms with van der Waals surface area (Å²) in [6.07, 6.45) is 13.4. The molecule has 19 heterocycles. The number of aryl methyl sites for hydroxylation is 1. The second-order valence-electron chi connectivity index (χ2n) is 43.9. The molecule has 8 aromatic heterocycles. The maximum atomic E-state index is 12.2. The van der Waals surface area contributed by atoms with Gasteiger partial charge in [-0.3, -0.25) is 49.2 Å². The topological polar surface area (TPSA) is 304 Å². The van der Waals surface area contributed by atoms with Gasteiger partial charge in [0.05, 0.1) is 117 Å². The number of aromatic nitrogens is 10. The van der Waals surface area contributed by atoms with Crippen LogP contribution in [0.25, 0.3) is 0 Å². The van der Waals surface area contributed by atoms with E-state index in [9.17, 15) is 22.8 Å². The Morgan fingerprint density at radius 2 is 1.01 bits per heavy atom. The van der Waals surface area contributed by atoms with Crippen LogP contribution in [0.5, 0.6) is 0 Å². The quantitative estimate of drug-likeness (QED) is 0.0786. The van der Waals surface area contributed by atoms with E-state index < -0.39 is 9.84 Å². The zero-order chi connectivity index (χ0) is 106. The predicted molar refractivity (Wildman–Crippen MR) is 591 cm³/mol. The molecule has 2 atom stereocenters. The highest BCUT2D eigenvalue weighted by molar-refractivity contribution is 7.90. The number of allylic oxidation sites excluding steroid dienone is 1. The maximum absolute atomic E-state index is 12.2. The smallest absolute Gasteiger partial charge is 0.255 e. The van der Waals surface area contributed by atoms with Crippen molar-refractivity contribution in [2.45, 2.75) is 266 Å². The van der Waals surface area contributed by atoms with Crippen molar-refractivity contribution in [3.8, 4) is 0 Å². The number of piperazine rings is 3. The van der Waals surface area contributed by atoms with Gasteiger partial charge in [-0.1, -0.05) is 175 Å². The van der Waals surface area contributed by atoms with Gasteiger partial charge in [0.15, 0.2) is 15.7 Å². The number of anilines is 4. The number of carbonyl (C=O) groups is 3. The number of amides is 3. The number of thiazole rings is 1. The number of ether oxygens (including phenoxy) is 4. The molecule has 0 bridgehead atoms. The molecule has 1 N–H and O–H groups in total.